The molecule has 0 fully saturated rings. The fourth-order valence-electron chi connectivity index (χ4n) is 3.59. The Morgan fingerprint density at radius 2 is 1.64 bits per heavy atom. The first kappa shape index (κ1) is 19.4. The van der Waals surface area contributed by atoms with Crippen LogP contribution in [0.15, 0.2) is 98.2 Å². The molecular formula is C25H26N2O. The van der Waals surface area contributed by atoms with Gasteiger partial charge in [-0.1, -0.05) is 85.5 Å². The van der Waals surface area contributed by atoms with Crippen molar-refractivity contribution in [2.45, 2.75) is 24.9 Å². The molecule has 0 saturated heterocycles. The van der Waals surface area contributed by atoms with Gasteiger partial charge in [-0.15, -0.1) is 6.58 Å². The van der Waals surface area contributed by atoms with Crippen molar-refractivity contribution in [3.8, 4) is 0 Å². The molecule has 1 amide bonds. The number of nitrogens with one attached hydrogen (secondary N) is 2. The summed E-state index contributed by atoms with van der Waals surface area (Å²) in [4.78, 5) is 13.3. The Kier molecular flexibility index (Phi) is 6.64. The number of fused-ring (bicyclic) bond motifs is 1. The van der Waals surface area contributed by atoms with E-state index in [9.17, 15) is 4.79 Å². The summed E-state index contributed by atoms with van der Waals surface area (Å²) in [6, 6.07) is 24.1. The summed E-state index contributed by atoms with van der Waals surface area (Å²) in [5, 5.41) is 8.58. The molecule has 0 aliphatic heterocycles. The van der Waals surface area contributed by atoms with Crippen LogP contribution in [-0.2, 0) is 11.3 Å². The Hall–Kier alpha value is -3.33. The summed E-state index contributed by atoms with van der Waals surface area (Å²) in [7, 11) is 0. The van der Waals surface area contributed by atoms with Gasteiger partial charge in [-0.05, 0) is 34.5 Å². The van der Waals surface area contributed by atoms with Gasteiger partial charge in [-0.25, -0.2) is 0 Å². The van der Waals surface area contributed by atoms with Crippen molar-refractivity contribution in [1.29, 1.82) is 0 Å². The van der Waals surface area contributed by atoms with Crippen LogP contribution in [-0.4, -0.2) is 11.9 Å². The van der Waals surface area contributed by atoms with Gasteiger partial charge in [0.2, 0.25) is 5.91 Å². The second-order valence-electron chi connectivity index (χ2n) is 6.75. The Labute approximate surface area is 166 Å². The van der Waals surface area contributed by atoms with E-state index in [-0.39, 0.29) is 17.9 Å². The van der Waals surface area contributed by atoms with Crippen molar-refractivity contribution in [2.75, 3.05) is 0 Å². The molecule has 2 atom stereocenters. The van der Waals surface area contributed by atoms with Crippen LogP contribution in [0.2, 0.25) is 0 Å². The minimum Gasteiger partial charge on any atom is -0.387 e. The molecule has 0 bridgehead atoms. The van der Waals surface area contributed by atoms with Crippen molar-refractivity contribution in [1.82, 2.24) is 10.6 Å². The van der Waals surface area contributed by atoms with Gasteiger partial charge in [0.15, 0.2) is 0 Å². The largest absolute Gasteiger partial charge is 0.387 e. The lowest BCUT2D eigenvalue weighted by Gasteiger charge is -2.27. The van der Waals surface area contributed by atoms with E-state index in [0.717, 1.165) is 21.9 Å². The highest BCUT2D eigenvalue weighted by Crippen LogP contribution is 2.30. The van der Waals surface area contributed by atoms with Crippen LogP contribution in [0.1, 0.15) is 23.5 Å². The second kappa shape index (κ2) is 9.56. The van der Waals surface area contributed by atoms with Crippen LogP contribution in [0.4, 0.5) is 0 Å². The monoisotopic (exact) mass is 370 g/mol. The Balaban J connectivity index is 1.97. The first-order valence-corrected chi connectivity index (χ1v) is 9.51. The molecule has 3 aromatic carbocycles. The number of hydrogen-bond donors (Lipinski definition) is 2. The van der Waals surface area contributed by atoms with E-state index in [1.54, 1.807) is 6.20 Å². The highest BCUT2D eigenvalue weighted by atomic mass is 16.1. The Morgan fingerprint density at radius 1 is 0.929 bits per heavy atom. The van der Waals surface area contributed by atoms with Crippen molar-refractivity contribution in [3.05, 3.63) is 109 Å². The average Bonchev–Trinajstić information content (AvgIpc) is 2.74. The van der Waals surface area contributed by atoms with Gasteiger partial charge in [-0.3, -0.25) is 4.79 Å². The minimum atomic E-state index is -0.370. The zero-order valence-electron chi connectivity index (χ0n) is 16.0. The van der Waals surface area contributed by atoms with Gasteiger partial charge in [-0.2, -0.15) is 0 Å². The summed E-state index contributed by atoms with van der Waals surface area (Å²) < 4.78 is 0. The standard InChI is InChI=1S/C25H26N2O/c1-3-11-23(26-4-2)24(25(28)27-18-19-12-6-5-7-13-19)22-17-10-15-20-14-8-9-16-21(20)22/h3-10,12-17,23-24,26H,1-2,11,18H2,(H,27,28). The summed E-state index contributed by atoms with van der Waals surface area (Å²) >= 11 is 0. The van der Waals surface area contributed by atoms with E-state index in [2.05, 4.69) is 42.0 Å². The SMILES string of the molecule is C=CCC(NC=C)C(C(=O)NCc1ccccc1)c1cccc2ccccc12. The van der Waals surface area contributed by atoms with Crippen LogP contribution < -0.4 is 10.6 Å². The van der Waals surface area contributed by atoms with Crippen molar-refractivity contribution < 1.29 is 4.79 Å². The van der Waals surface area contributed by atoms with Gasteiger partial charge in [0.25, 0.3) is 0 Å². The van der Waals surface area contributed by atoms with Gasteiger partial charge in [0, 0.05) is 12.6 Å². The molecule has 28 heavy (non-hydrogen) atoms. The smallest absolute Gasteiger partial charge is 0.229 e. The summed E-state index contributed by atoms with van der Waals surface area (Å²) in [5.41, 5.74) is 2.08. The molecular weight excluding hydrogens is 344 g/mol. The maximum Gasteiger partial charge on any atom is 0.229 e. The highest BCUT2D eigenvalue weighted by molar-refractivity contribution is 5.93. The number of hydrogen-bond acceptors (Lipinski definition) is 2. The lowest BCUT2D eigenvalue weighted by molar-refractivity contribution is -0.123. The zero-order chi connectivity index (χ0) is 19.8. The topological polar surface area (TPSA) is 41.1 Å². The fraction of sp³-hybridized carbons (Fsp3) is 0.160. The van der Waals surface area contributed by atoms with Gasteiger partial charge in [0.1, 0.15) is 0 Å². The molecule has 0 saturated carbocycles. The molecule has 142 valence electrons. The number of rotatable bonds is 9. The molecule has 3 rings (SSSR count). The molecule has 2 N–H and O–H groups in total. The first-order chi connectivity index (χ1) is 13.7. The van der Waals surface area contributed by atoms with E-state index in [0.29, 0.717) is 13.0 Å². The predicted molar refractivity (Wildman–Crippen MR) is 117 cm³/mol. The van der Waals surface area contributed by atoms with Gasteiger partial charge >= 0.3 is 0 Å². The zero-order valence-corrected chi connectivity index (χ0v) is 16.0. The molecule has 3 nitrogen and oxygen atoms in total. The third kappa shape index (κ3) is 4.49. The lowest BCUT2D eigenvalue weighted by atomic mass is 9.85. The van der Waals surface area contributed by atoms with E-state index >= 15 is 0 Å². The van der Waals surface area contributed by atoms with E-state index < -0.39 is 0 Å². The van der Waals surface area contributed by atoms with Crippen molar-refractivity contribution in [3.63, 3.8) is 0 Å². The number of carbonyl (C=O) groups is 1. The average molecular weight is 370 g/mol. The Bertz CT molecular complexity index is 934. The first-order valence-electron chi connectivity index (χ1n) is 9.51. The number of amides is 1. The molecule has 0 spiro atoms. The normalized spacial score (nSPS) is 12.7. The van der Waals surface area contributed by atoms with E-state index in [4.69, 9.17) is 0 Å². The fourth-order valence-corrected chi connectivity index (χ4v) is 3.59. The highest BCUT2D eigenvalue weighted by Gasteiger charge is 2.29. The molecule has 0 aliphatic rings. The maximum atomic E-state index is 13.3. The molecule has 0 radical (unpaired) electrons. The summed E-state index contributed by atoms with van der Waals surface area (Å²) in [6.45, 7) is 8.16. The van der Waals surface area contributed by atoms with Gasteiger partial charge in [0.05, 0.1) is 5.92 Å². The molecule has 0 aromatic heterocycles. The summed E-state index contributed by atoms with van der Waals surface area (Å²) in [6.07, 6.45) is 4.14. The van der Waals surface area contributed by atoms with Crippen LogP contribution in [0.25, 0.3) is 10.8 Å². The minimum absolute atomic E-state index is 0.0126. The van der Waals surface area contributed by atoms with Crippen molar-refractivity contribution in [2.24, 2.45) is 0 Å². The molecule has 2 unspecified atom stereocenters. The van der Waals surface area contributed by atoms with E-state index in [1.165, 1.54) is 0 Å². The van der Waals surface area contributed by atoms with Crippen LogP contribution >= 0.6 is 0 Å². The molecule has 3 aromatic rings. The lowest BCUT2D eigenvalue weighted by Crippen LogP contribution is -2.41. The van der Waals surface area contributed by atoms with Crippen LogP contribution in [0, 0.1) is 0 Å². The Morgan fingerprint density at radius 3 is 2.39 bits per heavy atom. The third-order valence-electron chi connectivity index (χ3n) is 4.91. The maximum absolute atomic E-state index is 13.3. The molecule has 0 heterocycles. The van der Waals surface area contributed by atoms with E-state index in [1.807, 2.05) is 60.7 Å². The van der Waals surface area contributed by atoms with Gasteiger partial charge < -0.3 is 10.6 Å². The van der Waals surface area contributed by atoms with Crippen LogP contribution in [0.5, 0.6) is 0 Å². The molecule has 0 aliphatic carbocycles. The van der Waals surface area contributed by atoms with Crippen molar-refractivity contribution >= 4 is 16.7 Å². The molecule has 3 heteroatoms. The quantitative estimate of drug-likeness (QED) is 0.525. The number of carbonyl (C=O) groups excluding carboxylic acids is 1. The van der Waals surface area contributed by atoms with Crippen LogP contribution in [0.3, 0.4) is 0 Å². The third-order valence-corrected chi connectivity index (χ3v) is 4.91. The number of benzene rings is 3. The predicted octanol–water partition coefficient (Wildman–Crippen LogP) is 4.92. The second-order valence-corrected chi connectivity index (χ2v) is 6.75. The summed E-state index contributed by atoms with van der Waals surface area (Å²) in [5.74, 6) is -0.382.